The number of rotatable bonds is 19. The third-order valence-electron chi connectivity index (χ3n) is 13.0. The SMILES string of the molecule is C=CCCCCC[C@H](NC(=O)OC(C)(C)C)C(=O)N1C[C@H](Oc2cc(-c3nc(C(C)C)cs3)nc3c(C)c(OC)ccc23)C(C)(C)[C@H]1C(=O)N[C@]1(C(=O)NS(=O)(=O)C2(C)CC2)C[C@H]1C=C. The molecule has 0 spiro atoms. The Balaban J connectivity index is 1.42. The number of allylic oxidation sites excluding steroid dienone is 1. The number of hydrogen-bond donors (Lipinski definition) is 3. The second-order valence-corrected chi connectivity index (χ2v) is 22.9. The Bertz CT molecular complexity index is 2450. The molecule has 65 heavy (non-hydrogen) atoms. The fourth-order valence-electron chi connectivity index (χ4n) is 8.44. The summed E-state index contributed by atoms with van der Waals surface area (Å²) in [5.74, 6) is -1.39. The van der Waals surface area contributed by atoms with Crippen LogP contribution in [0.5, 0.6) is 11.5 Å². The fraction of sp³-hybridized carbons (Fsp3) is 0.583. The van der Waals surface area contributed by atoms with Crippen LogP contribution in [0.3, 0.4) is 0 Å². The number of carbonyl (C=O) groups is 4. The number of thiazole rings is 1. The number of unbranched alkanes of at least 4 members (excludes halogenated alkanes) is 3. The lowest BCUT2D eigenvalue weighted by molar-refractivity contribution is -0.143. The number of methoxy groups -OCH3 is 1. The monoisotopic (exact) mass is 934 g/mol. The zero-order valence-corrected chi connectivity index (χ0v) is 41.1. The van der Waals surface area contributed by atoms with Crippen molar-refractivity contribution in [3.8, 4) is 22.2 Å². The highest BCUT2D eigenvalue weighted by Gasteiger charge is 2.64. The molecule has 15 nitrogen and oxygen atoms in total. The van der Waals surface area contributed by atoms with Crippen molar-refractivity contribution in [1.82, 2.24) is 30.2 Å². The van der Waals surface area contributed by atoms with Crippen molar-refractivity contribution in [3.05, 3.63) is 60.1 Å². The number of nitrogens with zero attached hydrogens (tertiary/aromatic N) is 3. The lowest BCUT2D eigenvalue weighted by Gasteiger charge is -2.35. The Hall–Kier alpha value is -5.03. The van der Waals surface area contributed by atoms with Gasteiger partial charge in [0.1, 0.15) is 51.5 Å². The number of fused-ring (bicyclic) bond motifs is 1. The molecule has 1 saturated heterocycles. The number of benzene rings is 1. The van der Waals surface area contributed by atoms with Gasteiger partial charge in [-0.1, -0.05) is 52.7 Å². The van der Waals surface area contributed by atoms with E-state index >= 15 is 9.59 Å². The molecule has 354 valence electrons. The second kappa shape index (κ2) is 18.7. The van der Waals surface area contributed by atoms with Gasteiger partial charge in [0.05, 0.1) is 29.6 Å². The number of nitrogens with one attached hydrogen (secondary N) is 3. The number of alkyl carbamates (subject to hydrolysis) is 1. The molecule has 0 radical (unpaired) electrons. The number of amides is 4. The van der Waals surface area contributed by atoms with Crippen molar-refractivity contribution in [2.24, 2.45) is 11.3 Å². The highest BCUT2D eigenvalue weighted by Crippen LogP contribution is 2.49. The summed E-state index contributed by atoms with van der Waals surface area (Å²) in [6.07, 6.45) is 5.87. The molecule has 6 rings (SSSR count). The van der Waals surface area contributed by atoms with E-state index in [0.29, 0.717) is 52.4 Å². The van der Waals surface area contributed by atoms with Gasteiger partial charge in [0.2, 0.25) is 21.8 Å². The highest BCUT2D eigenvalue weighted by molar-refractivity contribution is 7.91. The van der Waals surface area contributed by atoms with E-state index in [4.69, 9.17) is 24.2 Å². The molecule has 1 aliphatic heterocycles. The molecular formula is C48H66N6O9S2. The van der Waals surface area contributed by atoms with Crippen molar-refractivity contribution >= 4 is 56.1 Å². The van der Waals surface area contributed by atoms with Crippen LogP contribution < -0.4 is 24.8 Å². The van der Waals surface area contributed by atoms with Crippen LogP contribution in [0.2, 0.25) is 0 Å². The van der Waals surface area contributed by atoms with Crippen LogP contribution in [-0.2, 0) is 29.1 Å². The third-order valence-corrected chi connectivity index (χ3v) is 16.0. The van der Waals surface area contributed by atoms with Gasteiger partial charge in [0, 0.05) is 33.7 Å². The van der Waals surface area contributed by atoms with Gasteiger partial charge in [-0.25, -0.2) is 23.2 Å². The number of ether oxygens (including phenoxy) is 3. The molecular weight excluding hydrogens is 869 g/mol. The second-order valence-electron chi connectivity index (χ2n) is 19.9. The number of aromatic nitrogens is 2. The van der Waals surface area contributed by atoms with E-state index < -0.39 is 79.2 Å². The van der Waals surface area contributed by atoms with E-state index in [2.05, 4.69) is 42.4 Å². The van der Waals surface area contributed by atoms with Crippen LogP contribution in [0.15, 0.2) is 48.9 Å². The number of aryl methyl sites for hydroxylation is 1. The Kier molecular flexibility index (Phi) is 14.2. The third kappa shape index (κ3) is 10.4. The van der Waals surface area contributed by atoms with Gasteiger partial charge in [-0.05, 0) is 91.2 Å². The summed E-state index contributed by atoms with van der Waals surface area (Å²) in [7, 11) is -2.46. The summed E-state index contributed by atoms with van der Waals surface area (Å²) in [6.45, 7) is 24.0. The fourth-order valence-corrected chi connectivity index (χ4v) is 10.7. The zero-order valence-electron chi connectivity index (χ0n) is 39.5. The minimum Gasteiger partial charge on any atom is -0.496 e. The van der Waals surface area contributed by atoms with E-state index in [9.17, 15) is 18.0 Å². The molecule has 3 aliphatic rings. The lowest BCUT2D eigenvalue weighted by Crippen LogP contribution is -2.61. The molecule has 3 fully saturated rings. The first-order valence-corrected chi connectivity index (χ1v) is 24.8. The first-order valence-electron chi connectivity index (χ1n) is 22.4. The Morgan fingerprint density at radius 1 is 1.05 bits per heavy atom. The van der Waals surface area contributed by atoms with Crippen molar-refractivity contribution in [3.63, 3.8) is 0 Å². The predicted molar refractivity (Wildman–Crippen MR) is 252 cm³/mol. The number of hydrogen-bond acceptors (Lipinski definition) is 12. The molecule has 3 aromatic rings. The van der Waals surface area contributed by atoms with Gasteiger partial charge in [-0.3, -0.25) is 19.1 Å². The first-order chi connectivity index (χ1) is 30.4. The summed E-state index contributed by atoms with van der Waals surface area (Å²) >= 11 is 1.47. The van der Waals surface area contributed by atoms with Crippen LogP contribution in [0.1, 0.15) is 124 Å². The van der Waals surface area contributed by atoms with Crippen LogP contribution in [0.25, 0.3) is 21.6 Å². The lowest BCUT2D eigenvalue weighted by atomic mass is 9.81. The normalized spacial score (nSPS) is 22.4. The maximum absolute atomic E-state index is 15.1. The largest absolute Gasteiger partial charge is 0.496 e. The smallest absolute Gasteiger partial charge is 0.408 e. The van der Waals surface area contributed by atoms with Crippen molar-refractivity contribution in [2.45, 2.75) is 154 Å². The van der Waals surface area contributed by atoms with E-state index in [1.54, 1.807) is 34.8 Å². The first kappa shape index (κ1) is 49.4. The van der Waals surface area contributed by atoms with Gasteiger partial charge < -0.3 is 29.7 Å². The average molecular weight is 935 g/mol. The van der Waals surface area contributed by atoms with Crippen LogP contribution in [-0.4, -0.2) is 94.8 Å². The van der Waals surface area contributed by atoms with Gasteiger partial charge in [0.25, 0.3) is 5.91 Å². The molecule has 2 saturated carbocycles. The standard InChI is InChI=1S/C48H66N6O9S2/c1-13-15-16-17-18-19-32(51-44(58)63-45(6,7)8)42(56)54-26-37(46(9,10)39(54)40(55)52-48(25-30(48)14-2)43(57)53-65(59,60)47(11)22-23-47)62-36-24-33(41-50-34(27-64-41)28(3)4)49-38-29(5)35(61-12)21-20-31(36)38/h13-14,20-21,24,27-28,30,32,37,39H,1-2,15-19,22-23,25-26H2,3-12H3,(H,51,58)(H,52,55)(H,53,57)/t30-,32+,37+,39-,48-/m1/s1. The van der Waals surface area contributed by atoms with E-state index in [1.807, 2.05) is 50.4 Å². The molecule has 17 heteroatoms. The quantitative estimate of drug-likeness (QED) is 0.0782. The van der Waals surface area contributed by atoms with E-state index in [1.165, 1.54) is 22.3 Å². The zero-order chi connectivity index (χ0) is 47.9. The Labute approximate surface area is 387 Å². The summed E-state index contributed by atoms with van der Waals surface area (Å²) in [6, 6.07) is 3.16. The minimum absolute atomic E-state index is 0.0905. The average Bonchev–Trinajstić information content (AvgIpc) is 4.06. The van der Waals surface area contributed by atoms with Crippen molar-refractivity contribution in [2.75, 3.05) is 13.7 Å². The molecule has 5 atom stereocenters. The number of likely N-dealkylation sites (tertiary alicyclic amines) is 1. The molecule has 0 bridgehead atoms. The van der Waals surface area contributed by atoms with Gasteiger partial charge in [0.15, 0.2) is 0 Å². The number of pyridine rings is 1. The van der Waals surface area contributed by atoms with Crippen molar-refractivity contribution in [1.29, 1.82) is 0 Å². The molecule has 0 unspecified atom stereocenters. The van der Waals surface area contributed by atoms with Crippen LogP contribution in [0, 0.1) is 18.3 Å². The number of carbonyl (C=O) groups excluding carboxylic acids is 4. The van der Waals surface area contributed by atoms with Crippen LogP contribution >= 0.6 is 11.3 Å². The van der Waals surface area contributed by atoms with E-state index in [0.717, 1.165) is 30.5 Å². The maximum atomic E-state index is 15.1. The van der Waals surface area contributed by atoms with Gasteiger partial charge in [-0.15, -0.1) is 24.5 Å². The Morgan fingerprint density at radius 2 is 1.75 bits per heavy atom. The molecule has 1 aromatic carbocycles. The number of sulfonamides is 1. The van der Waals surface area contributed by atoms with Crippen LogP contribution in [0.4, 0.5) is 4.79 Å². The molecule has 4 amide bonds. The maximum Gasteiger partial charge on any atom is 0.408 e. The van der Waals surface area contributed by atoms with Gasteiger partial charge in [-0.2, -0.15) is 0 Å². The molecule has 2 aromatic heterocycles. The topological polar surface area (TPSA) is 195 Å². The molecule has 3 heterocycles. The molecule has 2 aliphatic carbocycles. The summed E-state index contributed by atoms with van der Waals surface area (Å²) in [4.78, 5) is 68.9. The molecule has 3 N–H and O–H groups in total. The van der Waals surface area contributed by atoms with Gasteiger partial charge >= 0.3 is 6.09 Å². The van der Waals surface area contributed by atoms with Crippen molar-refractivity contribution < 1.29 is 41.8 Å². The Morgan fingerprint density at radius 3 is 2.34 bits per heavy atom. The summed E-state index contributed by atoms with van der Waals surface area (Å²) < 4.78 is 46.0. The minimum atomic E-state index is -4.05. The van der Waals surface area contributed by atoms with E-state index in [-0.39, 0.29) is 25.3 Å². The summed E-state index contributed by atoms with van der Waals surface area (Å²) in [5.41, 5.74) is -0.739. The summed E-state index contributed by atoms with van der Waals surface area (Å²) in [5, 5.41) is 9.07. The predicted octanol–water partition coefficient (Wildman–Crippen LogP) is 7.87. The highest BCUT2D eigenvalue weighted by atomic mass is 32.2.